The molecular weight excluding hydrogens is 284 g/mol. The zero-order valence-electron chi connectivity index (χ0n) is 12.9. The largest absolute Gasteiger partial charge is 0.375 e. The molecular formula is C15H22N4OS. The number of carbonyl (C=O) groups is 1. The Morgan fingerprint density at radius 2 is 2.14 bits per heavy atom. The molecule has 0 fully saturated rings. The third kappa shape index (κ3) is 4.15. The van der Waals surface area contributed by atoms with Crippen LogP contribution in [0.5, 0.6) is 0 Å². The molecule has 0 saturated heterocycles. The standard InChI is InChI=1S/C15H22N4OS/c1-15(2,9-19(3)4)8-17-13(20)10-5-6-11-12(7-10)21-14(16)18-11/h5-7H,8-9H2,1-4H3,(H2,16,18)(H,17,20). The SMILES string of the molecule is CN(C)CC(C)(C)CNC(=O)c1ccc2nc(N)sc2c1. The molecule has 0 unspecified atom stereocenters. The molecule has 3 N–H and O–H groups in total. The smallest absolute Gasteiger partial charge is 0.251 e. The van der Waals surface area contributed by atoms with Crippen molar-refractivity contribution >= 4 is 32.6 Å². The van der Waals surface area contributed by atoms with Gasteiger partial charge in [0.05, 0.1) is 10.2 Å². The van der Waals surface area contributed by atoms with Crippen molar-refractivity contribution in [3.63, 3.8) is 0 Å². The molecule has 1 aromatic heterocycles. The van der Waals surface area contributed by atoms with Crippen LogP contribution in [0.15, 0.2) is 18.2 Å². The predicted octanol–water partition coefficient (Wildman–Crippen LogP) is 2.20. The van der Waals surface area contributed by atoms with Crippen molar-refractivity contribution in [2.45, 2.75) is 13.8 Å². The van der Waals surface area contributed by atoms with Gasteiger partial charge in [-0.2, -0.15) is 0 Å². The Morgan fingerprint density at radius 1 is 1.43 bits per heavy atom. The van der Waals surface area contributed by atoms with Crippen LogP contribution in [0.1, 0.15) is 24.2 Å². The van der Waals surface area contributed by atoms with Gasteiger partial charge in [-0.15, -0.1) is 0 Å². The monoisotopic (exact) mass is 306 g/mol. The van der Waals surface area contributed by atoms with E-state index in [0.29, 0.717) is 17.2 Å². The van der Waals surface area contributed by atoms with Gasteiger partial charge in [0.15, 0.2) is 5.13 Å². The fraction of sp³-hybridized carbons (Fsp3) is 0.467. The number of aromatic nitrogens is 1. The first-order chi connectivity index (χ1) is 9.77. The van der Waals surface area contributed by atoms with Crippen molar-refractivity contribution in [3.8, 4) is 0 Å². The van der Waals surface area contributed by atoms with Crippen molar-refractivity contribution < 1.29 is 4.79 Å². The van der Waals surface area contributed by atoms with E-state index in [9.17, 15) is 4.79 Å². The van der Waals surface area contributed by atoms with Crippen LogP contribution < -0.4 is 11.1 Å². The Bertz CT molecular complexity index is 648. The number of carbonyl (C=O) groups excluding carboxylic acids is 1. The summed E-state index contributed by atoms with van der Waals surface area (Å²) in [7, 11) is 4.07. The van der Waals surface area contributed by atoms with Gasteiger partial charge in [-0.1, -0.05) is 25.2 Å². The van der Waals surface area contributed by atoms with Crippen LogP contribution in [0.25, 0.3) is 10.2 Å². The number of amides is 1. The Hall–Kier alpha value is -1.66. The van der Waals surface area contributed by atoms with E-state index in [1.165, 1.54) is 11.3 Å². The Labute approximate surface area is 129 Å². The predicted molar refractivity (Wildman–Crippen MR) is 88.7 cm³/mol. The van der Waals surface area contributed by atoms with Gasteiger partial charge in [-0.25, -0.2) is 4.98 Å². The molecule has 0 bridgehead atoms. The molecule has 21 heavy (non-hydrogen) atoms. The molecule has 114 valence electrons. The first-order valence-electron chi connectivity index (χ1n) is 6.86. The molecule has 1 aromatic carbocycles. The lowest BCUT2D eigenvalue weighted by Crippen LogP contribution is -2.39. The summed E-state index contributed by atoms with van der Waals surface area (Å²) in [5.74, 6) is -0.0595. The Balaban J connectivity index is 2.05. The van der Waals surface area contributed by atoms with Gasteiger partial charge in [0.25, 0.3) is 5.91 Å². The van der Waals surface area contributed by atoms with E-state index < -0.39 is 0 Å². The van der Waals surface area contributed by atoms with Crippen LogP contribution in [-0.2, 0) is 0 Å². The number of hydrogen-bond acceptors (Lipinski definition) is 5. The molecule has 5 nitrogen and oxygen atoms in total. The average molecular weight is 306 g/mol. The van der Waals surface area contributed by atoms with Crippen LogP contribution in [-0.4, -0.2) is 43.0 Å². The van der Waals surface area contributed by atoms with E-state index in [1.807, 2.05) is 26.2 Å². The number of thiazole rings is 1. The summed E-state index contributed by atoms with van der Waals surface area (Å²) < 4.78 is 0.938. The van der Waals surface area contributed by atoms with Crippen LogP contribution in [0.2, 0.25) is 0 Å². The Morgan fingerprint density at radius 3 is 2.81 bits per heavy atom. The fourth-order valence-corrected chi connectivity index (χ4v) is 3.19. The molecule has 0 aliphatic heterocycles. The summed E-state index contributed by atoms with van der Waals surface area (Å²) in [6.07, 6.45) is 0. The first-order valence-corrected chi connectivity index (χ1v) is 7.67. The minimum absolute atomic E-state index is 0.0260. The molecule has 0 radical (unpaired) electrons. The van der Waals surface area contributed by atoms with E-state index in [4.69, 9.17) is 5.73 Å². The van der Waals surface area contributed by atoms with E-state index in [0.717, 1.165) is 16.8 Å². The lowest BCUT2D eigenvalue weighted by molar-refractivity contribution is 0.0929. The summed E-state index contributed by atoms with van der Waals surface area (Å²) in [6, 6.07) is 5.47. The van der Waals surface area contributed by atoms with Gasteiger partial charge in [0.1, 0.15) is 0 Å². The van der Waals surface area contributed by atoms with E-state index in [1.54, 1.807) is 6.07 Å². The minimum Gasteiger partial charge on any atom is -0.375 e. The molecule has 1 heterocycles. The summed E-state index contributed by atoms with van der Waals surface area (Å²) in [6.45, 7) is 5.82. The molecule has 1 amide bonds. The maximum Gasteiger partial charge on any atom is 0.251 e. The maximum absolute atomic E-state index is 12.3. The molecule has 0 aliphatic carbocycles. The number of nitrogens with two attached hydrogens (primary N) is 1. The number of rotatable bonds is 5. The number of anilines is 1. The number of benzene rings is 1. The van der Waals surface area contributed by atoms with E-state index in [-0.39, 0.29) is 11.3 Å². The lowest BCUT2D eigenvalue weighted by Gasteiger charge is -2.28. The fourth-order valence-electron chi connectivity index (χ4n) is 2.42. The summed E-state index contributed by atoms with van der Waals surface area (Å²) in [4.78, 5) is 18.6. The molecule has 0 spiro atoms. The zero-order chi connectivity index (χ0) is 15.6. The topological polar surface area (TPSA) is 71.2 Å². The normalized spacial score (nSPS) is 12.0. The second-order valence-electron chi connectivity index (χ2n) is 6.32. The maximum atomic E-state index is 12.3. The van der Waals surface area contributed by atoms with Crippen LogP contribution in [0.4, 0.5) is 5.13 Å². The van der Waals surface area contributed by atoms with E-state index in [2.05, 4.69) is 29.0 Å². The minimum atomic E-state index is -0.0595. The summed E-state index contributed by atoms with van der Waals surface area (Å²) >= 11 is 1.40. The van der Waals surface area contributed by atoms with Crippen molar-refractivity contribution in [3.05, 3.63) is 23.8 Å². The highest BCUT2D eigenvalue weighted by Crippen LogP contribution is 2.24. The van der Waals surface area contributed by atoms with Crippen LogP contribution >= 0.6 is 11.3 Å². The van der Waals surface area contributed by atoms with Crippen molar-refractivity contribution in [2.75, 3.05) is 32.9 Å². The number of nitrogens with zero attached hydrogens (tertiary/aromatic N) is 2. The van der Waals surface area contributed by atoms with Gasteiger partial charge >= 0.3 is 0 Å². The third-order valence-corrected chi connectivity index (χ3v) is 3.99. The zero-order valence-corrected chi connectivity index (χ0v) is 13.8. The van der Waals surface area contributed by atoms with Crippen molar-refractivity contribution in [1.29, 1.82) is 0 Å². The molecule has 2 aromatic rings. The van der Waals surface area contributed by atoms with Crippen LogP contribution in [0, 0.1) is 5.41 Å². The second-order valence-corrected chi connectivity index (χ2v) is 7.38. The number of nitrogen functional groups attached to an aromatic ring is 1. The molecule has 2 rings (SSSR count). The highest BCUT2D eigenvalue weighted by molar-refractivity contribution is 7.22. The highest BCUT2D eigenvalue weighted by Gasteiger charge is 2.20. The van der Waals surface area contributed by atoms with Gasteiger partial charge in [-0.3, -0.25) is 4.79 Å². The van der Waals surface area contributed by atoms with Gasteiger partial charge in [0.2, 0.25) is 0 Å². The van der Waals surface area contributed by atoms with Crippen LogP contribution in [0.3, 0.4) is 0 Å². The van der Waals surface area contributed by atoms with Gasteiger partial charge in [0, 0.05) is 18.7 Å². The van der Waals surface area contributed by atoms with E-state index >= 15 is 0 Å². The summed E-state index contributed by atoms with van der Waals surface area (Å²) in [5.41, 5.74) is 7.19. The number of hydrogen-bond donors (Lipinski definition) is 2. The molecule has 6 heteroatoms. The Kier molecular flexibility index (Phi) is 4.49. The quantitative estimate of drug-likeness (QED) is 0.888. The molecule has 0 atom stereocenters. The van der Waals surface area contributed by atoms with Gasteiger partial charge < -0.3 is 16.0 Å². The second kappa shape index (κ2) is 5.99. The third-order valence-electron chi connectivity index (χ3n) is 3.14. The lowest BCUT2D eigenvalue weighted by atomic mass is 9.93. The van der Waals surface area contributed by atoms with Crippen molar-refractivity contribution in [1.82, 2.24) is 15.2 Å². The number of nitrogens with one attached hydrogen (secondary N) is 1. The molecule has 0 aliphatic rings. The first kappa shape index (κ1) is 15.7. The highest BCUT2D eigenvalue weighted by atomic mass is 32.1. The average Bonchev–Trinajstić information content (AvgIpc) is 2.73. The molecule has 0 saturated carbocycles. The van der Waals surface area contributed by atoms with Crippen molar-refractivity contribution in [2.24, 2.45) is 5.41 Å². The van der Waals surface area contributed by atoms with Gasteiger partial charge in [-0.05, 0) is 37.7 Å². The summed E-state index contributed by atoms with van der Waals surface area (Å²) in [5, 5.41) is 3.53. The number of fused-ring (bicyclic) bond motifs is 1.